The average Bonchev–Trinajstić information content (AvgIpc) is 2.57. The summed E-state index contributed by atoms with van der Waals surface area (Å²) >= 11 is 5.15. The molecule has 4 nitrogen and oxygen atoms in total. The molecule has 0 amide bonds. The Hall–Kier alpha value is -1.10. The Balaban J connectivity index is 2.15. The first-order valence-corrected chi connectivity index (χ1v) is 7.60. The average molecular weight is 280 g/mol. The number of nitrogens with two attached hydrogens (primary N) is 1. The van der Waals surface area contributed by atoms with Crippen molar-refractivity contribution in [1.82, 2.24) is 9.78 Å². The summed E-state index contributed by atoms with van der Waals surface area (Å²) in [5, 5.41) is 8.05. The molecule has 19 heavy (non-hydrogen) atoms. The number of aryl methyl sites for hydroxylation is 2. The zero-order valence-corrected chi connectivity index (χ0v) is 12.7. The fourth-order valence-corrected chi connectivity index (χ4v) is 3.16. The molecule has 1 fully saturated rings. The Morgan fingerprint density at radius 1 is 1.26 bits per heavy atom. The summed E-state index contributed by atoms with van der Waals surface area (Å²) in [4.78, 5) is 0.430. The van der Waals surface area contributed by atoms with E-state index in [4.69, 9.17) is 18.0 Å². The summed E-state index contributed by atoms with van der Waals surface area (Å²) in [6.07, 6.45) is 9.14. The van der Waals surface area contributed by atoms with Crippen LogP contribution in [0.15, 0.2) is 0 Å². The van der Waals surface area contributed by atoms with Gasteiger partial charge in [-0.05, 0) is 19.8 Å². The maximum absolute atomic E-state index is 5.83. The van der Waals surface area contributed by atoms with E-state index in [0.29, 0.717) is 11.0 Å². The molecule has 5 heteroatoms. The first kappa shape index (κ1) is 14.3. The lowest BCUT2D eigenvalue weighted by atomic mass is 9.96. The van der Waals surface area contributed by atoms with Gasteiger partial charge in [0.25, 0.3) is 0 Å². The molecule has 0 spiro atoms. The minimum absolute atomic E-state index is 0.430. The van der Waals surface area contributed by atoms with E-state index >= 15 is 0 Å². The third-order valence-electron chi connectivity index (χ3n) is 3.91. The molecule has 1 aromatic heterocycles. The van der Waals surface area contributed by atoms with Crippen LogP contribution in [0.25, 0.3) is 0 Å². The van der Waals surface area contributed by atoms with E-state index < -0.39 is 0 Å². The largest absolute Gasteiger partial charge is 0.389 e. The highest BCUT2D eigenvalue weighted by atomic mass is 32.1. The maximum atomic E-state index is 5.83. The van der Waals surface area contributed by atoms with Crippen LogP contribution in [-0.4, -0.2) is 20.8 Å². The van der Waals surface area contributed by atoms with Gasteiger partial charge in [-0.1, -0.05) is 44.3 Å². The van der Waals surface area contributed by atoms with Crippen molar-refractivity contribution in [2.24, 2.45) is 12.8 Å². The molecule has 106 valence electrons. The second-order valence-corrected chi connectivity index (χ2v) is 5.92. The van der Waals surface area contributed by atoms with Gasteiger partial charge in [0.15, 0.2) is 0 Å². The first-order valence-electron chi connectivity index (χ1n) is 7.19. The van der Waals surface area contributed by atoms with Crippen LogP contribution in [0.2, 0.25) is 0 Å². The van der Waals surface area contributed by atoms with Crippen LogP contribution < -0.4 is 11.1 Å². The SMILES string of the molecule is Cc1nn(C)c(NC2CCCCCCC2)c1C(N)=S. The predicted molar refractivity (Wildman–Crippen MR) is 83.6 cm³/mol. The Morgan fingerprint density at radius 3 is 2.42 bits per heavy atom. The fraction of sp³-hybridized carbons (Fsp3) is 0.714. The molecule has 0 saturated heterocycles. The lowest BCUT2D eigenvalue weighted by molar-refractivity contribution is 0.469. The van der Waals surface area contributed by atoms with E-state index in [-0.39, 0.29) is 0 Å². The van der Waals surface area contributed by atoms with Crippen LogP contribution in [0, 0.1) is 6.92 Å². The van der Waals surface area contributed by atoms with Crippen molar-refractivity contribution in [1.29, 1.82) is 0 Å². The normalized spacial score (nSPS) is 17.8. The molecule has 0 bridgehead atoms. The third kappa shape index (κ3) is 3.47. The zero-order chi connectivity index (χ0) is 13.8. The molecule has 0 radical (unpaired) electrons. The van der Waals surface area contributed by atoms with Crippen molar-refractivity contribution in [2.75, 3.05) is 5.32 Å². The smallest absolute Gasteiger partial charge is 0.134 e. The second kappa shape index (κ2) is 6.37. The molecule has 1 aromatic rings. The molecule has 1 saturated carbocycles. The van der Waals surface area contributed by atoms with Crippen molar-refractivity contribution in [3.63, 3.8) is 0 Å². The summed E-state index contributed by atoms with van der Waals surface area (Å²) in [5.41, 5.74) is 7.64. The van der Waals surface area contributed by atoms with Gasteiger partial charge in [0, 0.05) is 13.1 Å². The van der Waals surface area contributed by atoms with Crippen LogP contribution in [0.3, 0.4) is 0 Å². The van der Waals surface area contributed by atoms with E-state index in [1.165, 1.54) is 44.9 Å². The topological polar surface area (TPSA) is 55.9 Å². The number of hydrogen-bond donors (Lipinski definition) is 2. The summed E-state index contributed by atoms with van der Waals surface area (Å²) in [7, 11) is 1.94. The van der Waals surface area contributed by atoms with Crippen LogP contribution in [0.1, 0.15) is 56.2 Å². The molecule has 0 unspecified atom stereocenters. The number of thiocarbonyl (C=S) groups is 1. The van der Waals surface area contributed by atoms with Crippen molar-refractivity contribution in [3.05, 3.63) is 11.3 Å². The number of rotatable bonds is 3. The van der Waals surface area contributed by atoms with E-state index in [1.54, 1.807) is 0 Å². The fourth-order valence-electron chi connectivity index (χ4n) is 2.91. The molecule has 0 atom stereocenters. The van der Waals surface area contributed by atoms with Crippen molar-refractivity contribution in [2.45, 2.75) is 57.9 Å². The molecule has 0 aliphatic heterocycles. The van der Waals surface area contributed by atoms with Crippen LogP contribution in [0.4, 0.5) is 5.82 Å². The Kier molecular flexibility index (Phi) is 4.80. The van der Waals surface area contributed by atoms with Gasteiger partial charge in [0.1, 0.15) is 10.8 Å². The monoisotopic (exact) mass is 280 g/mol. The lowest BCUT2D eigenvalue weighted by Crippen LogP contribution is -2.24. The van der Waals surface area contributed by atoms with Gasteiger partial charge in [0.05, 0.1) is 11.3 Å². The number of anilines is 1. The number of nitrogens with zero attached hydrogens (tertiary/aromatic N) is 2. The van der Waals surface area contributed by atoms with E-state index in [2.05, 4.69) is 10.4 Å². The molecular weight excluding hydrogens is 256 g/mol. The summed E-state index contributed by atoms with van der Waals surface area (Å²) in [5.74, 6) is 0.982. The molecule has 2 rings (SSSR count). The highest BCUT2D eigenvalue weighted by molar-refractivity contribution is 7.80. The summed E-state index contributed by atoms with van der Waals surface area (Å²) < 4.78 is 1.86. The molecular formula is C14H24N4S. The Bertz CT molecular complexity index is 445. The minimum atomic E-state index is 0.430. The van der Waals surface area contributed by atoms with Gasteiger partial charge in [-0.3, -0.25) is 4.68 Å². The molecule has 1 aliphatic rings. The molecule has 1 aliphatic carbocycles. The molecule has 1 heterocycles. The number of hydrogen-bond acceptors (Lipinski definition) is 3. The van der Waals surface area contributed by atoms with Crippen LogP contribution in [-0.2, 0) is 7.05 Å². The van der Waals surface area contributed by atoms with Crippen LogP contribution in [0.5, 0.6) is 0 Å². The van der Waals surface area contributed by atoms with E-state index in [0.717, 1.165) is 17.1 Å². The van der Waals surface area contributed by atoms with Crippen molar-refractivity contribution in [3.8, 4) is 0 Å². The van der Waals surface area contributed by atoms with Crippen molar-refractivity contribution >= 4 is 23.0 Å². The Labute approximate surface area is 120 Å². The quantitative estimate of drug-likeness (QED) is 0.836. The molecule has 0 aromatic carbocycles. The highest BCUT2D eigenvalue weighted by Gasteiger charge is 2.19. The van der Waals surface area contributed by atoms with Gasteiger partial charge in [0.2, 0.25) is 0 Å². The number of nitrogens with one attached hydrogen (secondary N) is 1. The van der Waals surface area contributed by atoms with E-state index in [1.807, 2.05) is 18.7 Å². The van der Waals surface area contributed by atoms with Gasteiger partial charge in [-0.15, -0.1) is 0 Å². The van der Waals surface area contributed by atoms with Gasteiger partial charge >= 0.3 is 0 Å². The highest BCUT2D eigenvalue weighted by Crippen LogP contribution is 2.24. The first-order chi connectivity index (χ1) is 9.09. The summed E-state index contributed by atoms with van der Waals surface area (Å²) in [6.45, 7) is 1.96. The van der Waals surface area contributed by atoms with Gasteiger partial charge in [-0.25, -0.2) is 0 Å². The maximum Gasteiger partial charge on any atom is 0.134 e. The summed E-state index contributed by atoms with van der Waals surface area (Å²) in [6, 6.07) is 0.517. The lowest BCUT2D eigenvalue weighted by Gasteiger charge is -2.22. The van der Waals surface area contributed by atoms with Crippen LogP contribution >= 0.6 is 12.2 Å². The second-order valence-electron chi connectivity index (χ2n) is 5.48. The van der Waals surface area contributed by atoms with E-state index in [9.17, 15) is 0 Å². The zero-order valence-electron chi connectivity index (χ0n) is 11.9. The van der Waals surface area contributed by atoms with Gasteiger partial charge in [-0.2, -0.15) is 5.10 Å². The standard InChI is InChI=1S/C14H24N4S/c1-10-12(13(15)19)14(18(2)17-10)16-11-8-6-4-3-5-7-9-11/h11,16H,3-9H2,1-2H3,(H2,15,19). The Morgan fingerprint density at radius 2 is 1.84 bits per heavy atom. The third-order valence-corrected chi connectivity index (χ3v) is 4.12. The molecule has 3 N–H and O–H groups in total. The van der Waals surface area contributed by atoms with Crippen molar-refractivity contribution < 1.29 is 0 Å². The minimum Gasteiger partial charge on any atom is -0.389 e. The van der Waals surface area contributed by atoms with Gasteiger partial charge < -0.3 is 11.1 Å². The predicted octanol–water partition coefficient (Wildman–Crippen LogP) is 2.89. The number of aromatic nitrogens is 2.